The SMILES string of the molecule is Clc1ccc2c(c1)-n1cccc1C(c1ccncc1)NC2. The minimum atomic E-state index is 0.147. The summed E-state index contributed by atoms with van der Waals surface area (Å²) in [5.74, 6) is 0. The quantitative estimate of drug-likeness (QED) is 0.741. The summed E-state index contributed by atoms with van der Waals surface area (Å²) in [6.07, 6.45) is 5.75. The van der Waals surface area contributed by atoms with Crippen molar-refractivity contribution in [3.63, 3.8) is 0 Å². The standard InChI is InChI=1S/C17H14ClN3/c18-14-4-3-13-11-20-17(12-5-7-19-8-6-12)15-2-1-9-21(15)16(13)10-14/h1-10,17,20H,11H2. The van der Waals surface area contributed by atoms with Crippen LogP contribution >= 0.6 is 11.6 Å². The van der Waals surface area contributed by atoms with Gasteiger partial charge in [0.05, 0.1) is 11.7 Å². The molecule has 4 heteroatoms. The molecule has 3 heterocycles. The topological polar surface area (TPSA) is 29.9 Å². The molecule has 0 saturated carbocycles. The Labute approximate surface area is 128 Å². The first kappa shape index (κ1) is 12.6. The molecule has 3 nitrogen and oxygen atoms in total. The van der Waals surface area contributed by atoms with Gasteiger partial charge in [-0.05, 0) is 47.5 Å². The molecule has 3 aromatic rings. The minimum Gasteiger partial charge on any atom is -0.319 e. The summed E-state index contributed by atoms with van der Waals surface area (Å²) in [5, 5.41) is 4.38. The van der Waals surface area contributed by atoms with Crippen LogP contribution < -0.4 is 5.32 Å². The Morgan fingerprint density at radius 1 is 1.14 bits per heavy atom. The van der Waals surface area contributed by atoms with Crippen molar-refractivity contribution in [3.05, 3.63) is 82.9 Å². The van der Waals surface area contributed by atoms with Crippen LogP contribution in [0.25, 0.3) is 5.69 Å². The smallest absolute Gasteiger partial charge is 0.0738 e. The van der Waals surface area contributed by atoms with Gasteiger partial charge >= 0.3 is 0 Å². The third-order valence-corrected chi connectivity index (χ3v) is 4.15. The first-order valence-electron chi connectivity index (χ1n) is 6.92. The summed E-state index contributed by atoms with van der Waals surface area (Å²) in [6.45, 7) is 0.807. The summed E-state index contributed by atoms with van der Waals surface area (Å²) < 4.78 is 2.21. The van der Waals surface area contributed by atoms with Crippen molar-refractivity contribution in [2.75, 3.05) is 0 Å². The van der Waals surface area contributed by atoms with Crippen LogP contribution in [0.1, 0.15) is 22.9 Å². The number of hydrogen-bond acceptors (Lipinski definition) is 2. The molecule has 0 spiro atoms. The zero-order valence-corrected chi connectivity index (χ0v) is 12.1. The largest absolute Gasteiger partial charge is 0.319 e. The summed E-state index contributed by atoms with van der Waals surface area (Å²) in [4.78, 5) is 4.11. The molecule has 0 fully saturated rings. The molecule has 0 radical (unpaired) electrons. The lowest BCUT2D eigenvalue weighted by molar-refractivity contribution is 0.600. The van der Waals surface area contributed by atoms with E-state index in [2.05, 4.69) is 51.4 Å². The van der Waals surface area contributed by atoms with Gasteiger partial charge in [-0.1, -0.05) is 17.7 Å². The normalized spacial score (nSPS) is 16.9. The molecule has 1 N–H and O–H groups in total. The molecule has 4 rings (SSSR count). The number of nitrogens with zero attached hydrogens (tertiary/aromatic N) is 2. The van der Waals surface area contributed by atoms with Crippen LogP contribution in [0.5, 0.6) is 0 Å². The van der Waals surface area contributed by atoms with Crippen LogP contribution in [-0.4, -0.2) is 9.55 Å². The first-order valence-corrected chi connectivity index (χ1v) is 7.30. The molecule has 1 unspecified atom stereocenters. The number of hydrogen-bond donors (Lipinski definition) is 1. The fourth-order valence-corrected chi connectivity index (χ4v) is 3.09. The van der Waals surface area contributed by atoms with E-state index in [4.69, 9.17) is 11.6 Å². The lowest BCUT2D eigenvalue weighted by Crippen LogP contribution is -2.21. The Morgan fingerprint density at radius 3 is 2.86 bits per heavy atom. The van der Waals surface area contributed by atoms with Crippen LogP contribution in [0.15, 0.2) is 61.1 Å². The van der Waals surface area contributed by atoms with Gasteiger partial charge in [0.25, 0.3) is 0 Å². The van der Waals surface area contributed by atoms with Crippen molar-refractivity contribution in [3.8, 4) is 5.69 Å². The minimum absolute atomic E-state index is 0.147. The highest BCUT2D eigenvalue weighted by Crippen LogP contribution is 2.31. The van der Waals surface area contributed by atoms with E-state index >= 15 is 0 Å². The monoisotopic (exact) mass is 295 g/mol. The van der Waals surface area contributed by atoms with Gasteiger partial charge in [-0.3, -0.25) is 4.98 Å². The van der Waals surface area contributed by atoms with Crippen molar-refractivity contribution in [1.29, 1.82) is 0 Å². The summed E-state index contributed by atoms with van der Waals surface area (Å²) in [6, 6.07) is 14.5. The molecule has 2 aromatic heterocycles. The second kappa shape index (κ2) is 5.02. The lowest BCUT2D eigenvalue weighted by Gasteiger charge is -2.17. The maximum atomic E-state index is 6.17. The predicted molar refractivity (Wildman–Crippen MR) is 83.7 cm³/mol. The average molecular weight is 296 g/mol. The Bertz CT molecular complexity index is 780. The molecular weight excluding hydrogens is 282 g/mol. The maximum absolute atomic E-state index is 6.17. The van der Waals surface area contributed by atoms with Crippen LogP contribution in [0.2, 0.25) is 5.02 Å². The highest BCUT2D eigenvalue weighted by Gasteiger charge is 2.22. The van der Waals surface area contributed by atoms with E-state index < -0.39 is 0 Å². The number of halogens is 1. The highest BCUT2D eigenvalue weighted by molar-refractivity contribution is 6.30. The number of fused-ring (bicyclic) bond motifs is 3. The summed E-state index contributed by atoms with van der Waals surface area (Å²) in [7, 11) is 0. The average Bonchev–Trinajstić information content (AvgIpc) is 2.94. The fourth-order valence-electron chi connectivity index (χ4n) is 2.92. The van der Waals surface area contributed by atoms with E-state index in [1.165, 1.54) is 16.8 Å². The molecule has 0 bridgehead atoms. The van der Waals surface area contributed by atoms with E-state index in [9.17, 15) is 0 Å². The Hall–Kier alpha value is -2.10. The van der Waals surface area contributed by atoms with E-state index in [1.54, 1.807) is 0 Å². The molecule has 104 valence electrons. The molecule has 0 aliphatic carbocycles. The Morgan fingerprint density at radius 2 is 2.00 bits per heavy atom. The van der Waals surface area contributed by atoms with Crippen molar-refractivity contribution in [2.24, 2.45) is 0 Å². The molecule has 1 aliphatic heterocycles. The Balaban J connectivity index is 1.89. The van der Waals surface area contributed by atoms with Crippen molar-refractivity contribution < 1.29 is 0 Å². The van der Waals surface area contributed by atoms with E-state index in [-0.39, 0.29) is 6.04 Å². The molecule has 0 saturated heterocycles. The zero-order chi connectivity index (χ0) is 14.2. The zero-order valence-electron chi connectivity index (χ0n) is 11.3. The van der Waals surface area contributed by atoms with Gasteiger partial charge in [0.15, 0.2) is 0 Å². The van der Waals surface area contributed by atoms with Crippen molar-refractivity contribution >= 4 is 11.6 Å². The van der Waals surface area contributed by atoms with Gasteiger partial charge in [0, 0.05) is 35.9 Å². The number of nitrogens with one attached hydrogen (secondary N) is 1. The van der Waals surface area contributed by atoms with Gasteiger partial charge in [0.1, 0.15) is 0 Å². The van der Waals surface area contributed by atoms with Crippen molar-refractivity contribution in [2.45, 2.75) is 12.6 Å². The molecule has 1 atom stereocenters. The predicted octanol–water partition coefficient (Wildman–Crippen LogP) is 3.72. The third-order valence-electron chi connectivity index (χ3n) is 3.92. The van der Waals surface area contributed by atoms with E-state index in [0.717, 1.165) is 17.3 Å². The van der Waals surface area contributed by atoms with Gasteiger partial charge in [-0.25, -0.2) is 0 Å². The summed E-state index contributed by atoms with van der Waals surface area (Å²) in [5.41, 5.74) is 4.81. The second-order valence-corrected chi connectivity index (χ2v) is 5.61. The van der Waals surface area contributed by atoms with Gasteiger partial charge in [-0.15, -0.1) is 0 Å². The molecule has 1 aromatic carbocycles. The van der Waals surface area contributed by atoms with E-state index in [1.807, 2.05) is 24.5 Å². The number of aromatic nitrogens is 2. The van der Waals surface area contributed by atoms with Crippen LogP contribution in [0.3, 0.4) is 0 Å². The molecule has 1 aliphatic rings. The maximum Gasteiger partial charge on any atom is 0.0738 e. The third kappa shape index (κ3) is 2.15. The van der Waals surface area contributed by atoms with E-state index in [0.29, 0.717) is 0 Å². The molecule has 0 amide bonds. The van der Waals surface area contributed by atoms with Gasteiger partial charge in [0.2, 0.25) is 0 Å². The van der Waals surface area contributed by atoms with Gasteiger partial charge < -0.3 is 9.88 Å². The number of pyridine rings is 1. The first-order chi connectivity index (χ1) is 10.3. The second-order valence-electron chi connectivity index (χ2n) is 5.17. The van der Waals surface area contributed by atoms with Gasteiger partial charge in [-0.2, -0.15) is 0 Å². The molecule has 21 heavy (non-hydrogen) atoms. The van der Waals surface area contributed by atoms with Crippen LogP contribution in [-0.2, 0) is 6.54 Å². The summed E-state index contributed by atoms with van der Waals surface area (Å²) >= 11 is 6.17. The Kier molecular flexibility index (Phi) is 3.02. The number of rotatable bonds is 1. The lowest BCUT2D eigenvalue weighted by atomic mass is 10.1. The van der Waals surface area contributed by atoms with Crippen LogP contribution in [0.4, 0.5) is 0 Å². The fraction of sp³-hybridized carbons (Fsp3) is 0.118. The highest BCUT2D eigenvalue weighted by atomic mass is 35.5. The van der Waals surface area contributed by atoms with Crippen LogP contribution in [0, 0.1) is 0 Å². The van der Waals surface area contributed by atoms with Crippen molar-refractivity contribution in [1.82, 2.24) is 14.9 Å². The molecular formula is C17H14ClN3. The number of benzene rings is 1.